The third kappa shape index (κ3) is 4.58. The Bertz CT molecular complexity index is 965. The van der Waals surface area contributed by atoms with E-state index in [9.17, 15) is 14.4 Å². The lowest BCUT2D eigenvalue weighted by Gasteiger charge is -2.18. The first-order valence-corrected chi connectivity index (χ1v) is 8.75. The minimum absolute atomic E-state index is 0.378. The van der Waals surface area contributed by atoms with Crippen LogP contribution < -0.4 is 10.9 Å². The zero-order chi connectivity index (χ0) is 19.1. The second-order valence-electron chi connectivity index (χ2n) is 6.11. The van der Waals surface area contributed by atoms with E-state index in [1.807, 2.05) is 30.3 Å². The third-order valence-electron chi connectivity index (χ3n) is 4.24. The number of hydrogen-bond acceptors (Lipinski definition) is 3. The smallest absolute Gasteiger partial charge is 0.251 e. The summed E-state index contributed by atoms with van der Waals surface area (Å²) in [4.78, 5) is 38.0. The van der Waals surface area contributed by atoms with Crippen LogP contribution in [-0.4, -0.2) is 22.8 Å². The van der Waals surface area contributed by atoms with Crippen molar-refractivity contribution in [2.45, 2.75) is 12.5 Å². The van der Waals surface area contributed by atoms with Crippen molar-refractivity contribution in [3.8, 4) is 0 Å². The number of benzene rings is 2. The predicted molar refractivity (Wildman–Crippen MR) is 104 cm³/mol. The Balaban J connectivity index is 1.81. The molecule has 3 rings (SSSR count). The van der Waals surface area contributed by atoms with Crippen molar-refractivity contribution >= 4 is 11.7 Å². The van der Waals surface area contributed by atoms with Crippen LogP contribution in [0.4, 0.5) is 0 Å². The average molecular weight is 360 g/mol. The molecular formula is C22H20N2O3. The van der Waals surface area contributed by atoms with Gasteiger partial charge in [0.15, 0.2) is 11.8 Å². The number of nitrogens with zero attached hydrogens (tertiary/aromatic N) is 1. The first-order chi connectivity index (χ1) is 13.2. The van der Waals surface area contributed by atoms with E-state index in [0.29, 0.717) is 18.5 Å². The molecule has 1 amide bonds. The molecule has 0 bridgehead atoms. The number of pyridine rings is 1. The van der Waals surface area contributed by atoms with Crippen LogP contribution in [0.2, 0.25) is 0 Å². The topological polar surface area (TPSA) is 68.2 Å². The van der Waals surface area contributed by atoms with Gasteiger partial charge in [0.1, 0.15) is 0 Å². The van der Waals surface area contributed by atoms with Crippen molar-refractivity contribution in [3.05, 3.63) is 107 Å². The molecule has 0 unspecified atom stereocenters. The first kappa shape index (κ1) is 18.3. The normalized spacial score (nSPS) is 11.6. The number of amides is 1. The Hall–Kier alpha value is -3.47. The summed E-state index contributed by atoms with van der Waals surface area (Å²) in [5.74, 6) is -0.908. The molecule has 1 aromatic heterocycles. The van der Waals surface area contributed by atoms with E-state index in [2.05, 4.69) is 5.32 Å². The zero-order valence-corrected chi connectivity index (χ0v) is 14.7. The van der Waals surface area contributed by atoms with E-state index in [-0.39, 0.29) is 0 Å². The number of ketones is 1. The maximum Gasteiger partial charge on any atom is 0.251 e. The second-order valence-corrected chi connectivity index (χ2v) is 6.11. The van der Waals surface area contributed by atoms with Crippen LogP contribution in [0.25, 0.3) is 0 Å². The average Bonchev–Trinajstić information content (AvgIpc) is 2.71. The van der Waals surface area contributed by atoms with E-state index in [1.165, 1.54) is 16.8 Å². The molecular weight excluding hydrogens is 340 g/mol. The SMILES string of the molecule is O=C(NCCc1ccccc1)[C@@H](C(=O)c1ccccc1)n1ccccc1=O. The summed E-state index contributed by atoms with van der Waals surface area (Å²) < 4.78 is 1.17. The lowest BCUT2D eigenvalue weighted by molar-refractivity contribution is -0.123. The Morgan fingerprint density at radius 1 is 0.852 bits per heavy atom. The van der Waals surface area contributed by atoms with Crippen LogP contribution in [0.1, 0.15) is 22.0 Å². The largest absolute Gasteiger partial charge is 0.354 e. The van der Waals surface area contributed by atoms with E-state index in [4.69, 9.17) is 0 Å². The summed E-state index contributed by atoms with van der Waals surface area (Å²) in [6, 6.07) is 21.6. The molecule has 27 heavy (non-hydrogen) atoms. The fourth-order valence-corrected chi connectivity index (χ4v) is 2.86. The van der Waals surface area contributed by atoms with E-state index in [1.54, 1.807) is 42.5 Å². The molecule has 0 radical (unpaired) electrons. The number of carbonyl (C=O) groups excluding carboxylic acids is 2. The van der Waals surface area contributed by atoms with Gasteiger partial charge in [0.05, 0.1) is 0 Å². The summed E-state index contributed by atoms with van der Waals surface area (Å²) in [5, 5.41) is 2.79. The van der Waals surface area contributed by atoms with Gasteiger partial charge in [-0.05, 0) is 18.1 Å². The Morgan fingerprint density at radius 3 is 2.15 bits per heavy atom. The van der Waals surface area contributed by atoms with Gasteiger partial charge in [-0.15, -0.1) is 0 Å². The monoisotopic (exact) mass is 360 g/mol. The van der Waals surface area contributed by atoms with Crippen molar-refractivity contribution in [1.82, 2.24) is 9.88 Å². The number of hydrogen-bond donors (Lipinski definition) is 1. The molecule has 0 spiro atoms. The van der Waals surface area contributed by atoms with Gasteiger partial charge in [-0.1, -0.05) is 66.7 Å². The van der Waals surface area contributed by atoms with Gasteiger partial charge in [-0.25, -0.2) is 0 Å². The van der Waals surface area contributed by atoms with Gasteiger partial charge >= 0.3 is 0 Å². The molecule has 2 aromatic carbocycles. The lowest BCUT2D eigenvalue weighted by Crippen LogP contribution is -2.41. The number of Topliss-reactive ketones (excluding diaryl/α,β-unsaturated/α-hetero) is 1. The highest BCUT2D eigenvalue weighted by molar-refractivity contribution is 6.11. The molecule has 1 atom stereocenters. The molecule has 0 aliphatic heterocycles. The van der Waals surface area contributed by atoms with Crippen molar-refractivity contribution in [2.75, 3.05) is 6.54 Å². The Morgan fingerprint density at radius 2 is 1.48 bits per heavy atom. The van der Waals surface area contributed by atoms with Gasteiger partial charge in [0.25, 0.3) is 11.5 Å². The first-order valence-electron chi connectivity index (χ1n) is 8.75. The van der Waals surface area contributed by atoms with Gasteiger partial charge in [0, 0.05) is 24.4 Å². The number of carbonyl (C=O) groups is 2. The van der Waals surface area contributed by atoms with E-state index >= 15 is 0 Å². The van der Waals surface area contributed by atoms with Crippen LogP contribution in [0.15, 0.2) is 89.9 Å². The van der Waals surface area contributed by atoms with Crippen LogP contribution in [0, 0.1) is 0 Å². The van der Waals surface area contributed by atoms with Crippen LogP contribution in [0.5, 0.6) is 0 Å². The number of rotatable bonds is 7. The second kappa shape index (κ2) is 8.76. The molecule has 0 aliphatic rings. The van der Waals surface area contributed by atoms with Crippen LogP contribution in [-0.2, 0) is 11.2 Å². The fourth-order valence-electron chi connectivity index (χ4n) is 2.86. The summed E-state index contributed by atoms with van der Waals surface area (Å²) in [6.45, 7) is 0.378. The van der Waals surface area contributed by atoms with E-state index in [0.717, 1.165) is 5.56 Å². The molecule has 5 nitrogen and oxygen atoms in total. The van der Waals surface area contributed by atoms with Crippen molar-refractivity contribution in [1.29, 1.82) is 0 Å². The van der Waals surface area contributed by atoms with Gasteiger partial charge < -0.3 is 5.32 Å². The quantitative estimate of drug-likeness (QED) is 0.520. The summed E-state index contributed by atoms with van der Waals surface area (Å²) in [7, 11) is 0. The van der Waals surface area contributed by atoms with E-state index < -0.39 is 23.3 Å². The van der Waals surface area contributed by atoms with Crippen molar-refractivity contribution in [3.63, 3.8) is 0 Å². The molecule has 3 aromatic rings. The molecule has 0 saturated heterocycles. The van der Waals surface area contributed by atoms with Crippen LogP contribution >= 0.6 is 0 Å². The molecule has 5 heteroatoms. The summed E-state index contributed by atoms with van der Waals surface area (Å²) >= 11 is 0. The number of nitrogens with one attached hydrogen (secondary N) is 1. The summed E-state index contributed by atoms with van der Waals surface area (Å²) in [6.07, 6.45) is 2.10. The lowest BCUT2D eigenvalue weighted by atomic mass is 10.0. The zero-order valence-electron chi connectivity index (χ0n) is 14.7. The minimum Gasteiger partial charge on any atom is -0.354 e. The molecule has 1 N–H and O–H groups in total. The fraction of sp³-hybridized carbons (Fsp3) is 0.136. The third-order valence-corrected chi connectivity index (χ3v) is 4.24. The molecule has 0 fully saturated rings. The van der Waals surface area contributed by atoms with Gasteiger partial charge in [-0.3, -0.25) is 19.0 Å². The molecule has 0 aliphatic carbocycles. The highest BCUT2D eigenvalue weighted by atomic mass is 16.2. The molecule has 136 valence electrons. The standard InChI is InChI=1S/C22H20N2O3/c25-19-13-7-8-16-24(19)20(21(26)18-11-5-2-6-12-18)22(27)23-15-14-17-9-3-1-4-10-17/h1-13,16,20H,14-15H2,(H,23,27)/t20-/m1/s1. The maximum atomic E-state index is 13.0. The Kier molecular flexibility index (Phi) is 5.94. The highest BCUT2D eigenvalue weighted by Gasteiger charge is 2.29. The Labute approximate surface area is 157 Å². The molecule has 1 heterocycles. The van der Waals surface area contributed by atoms with Gasteiger partial charge in [0.2, 0.25) is 0 Å². The van der Waals surface area contributed by atoms with Crippen LogP contribution in [0.3, 0.4) is 0 Å². The van der Waals surface area contributed by atoms with Crippen molar-refractivity contribution in [2.24, 2.45) is 0 Å². The van der Waals surface area contributed by atoms with Gasteiger partial charge in [-0.2, -0.15) is 0 Å². The van der Waals surface area contributed by atoms with Crippen molar-refractivity contribution < 1.29 is 9.59 Å². The summed E-state index contributed by atoms with van der Waals surface area (Å²) in [5.41, 5.74) is 1.07. The highest BCUT2D eigenvalue weighted by Crippen LogP contribution is 2.14. The minimum atomic E-state index is -1.24. The maximum absolute atomic E-state index is 13.0. The number of aromatic nitrogens is 1. The predicted octanol–water partition coefficient (Wildman–Crippen LogP) is 2.63. The molecule has 0 saturated carbocycles.